The first kappa shape index (κ1) is 21.7. The van der Waals surface area contributed by atoms with Crippen molar-refractivity contribution >= 4 is 46.4 Å². The molecule has 2 N–H and O–H groups in total. The fraction of sp³-hybridized carbons (Fsp3) is 0.130. The summed E-state index contributed by atoms with van der Waals surface area (Å²) in [5.41, 5.74) is 3.23. The van der Waals surface area contributed by atoms with Crippen LogP contribution in [0.25, 0.3) is 0 Å². The Morgan fingerprint density at radius 3 is 2.47 bits per heavy atom. The molecule has 30 heavy (non-hydrogen) atoms. The van der Waals surface area contributed by atoms with E-state index in [0.717, 1.165) is 11.1 Å². The fourth-order valence-electron chi connectivity index (χ4n) is 2.80. The van der Waals surface area contributed by atoms with E-state index in [1.54, 1.807) is 54.6 Å². The third kappa shape index (κ3) is 5.53. The minimum atomic E-state index is -0.328. The lowest BCUT2D eigenvalue weighted by atomic mass is 10.1. The molecule has 3 rings (SSSR count). The Hall–Kier alpha value is -3.02. The predicted octanol–water partition coefficient (Wildman–Crippen LogP) is 6.09. The molecule has 0 aliphatic heterocycles. The molecule has 0 bridgehead atoms. The molecule has 0 fully saturated rings. The van der Waals surface area contributed by atoms with Gasteiger partial charge in [0.2, 0.25) is 5.91 Å². The van der Waals surface area contributed by atoms with Crippen LogP contribution in [0.2, 0.25) is 10.0 Å². The lowest BCUT2D eigenvalue weighted by molar-refractivity contribution is -0.114. The van der Waals surface area contributed by atoms with Gasteiger partial charge in [0, 0.05) is 33.9 Å². The molecule has 0 radical (unpaired) electrons. The minimum Gasteiger partial charge on any atom is -0.488 e. The number of carbonyl (C=O) groups excluding carboxylic acids is 2. The van der Waals surface area contributed by atoms with E-state index in [9.17, 15) is 9.59 Å². The van der Waals surface area contributed by atoms with Gasteiger partial charge in [-0.2, -0.15) is 0 Å². The largest absolute Gasteiger partial charge is 0.488 e. The monoisotopic (exact) mass is 442 g/mol. The van der Waals surface area contributed by atoms with Crippen molar-refractivity contribution in [1.82, 2.24) is 0 Å². The number of amides is 2. The molecule has 0 aliphatic rings. The number of halogens is 2. The van der Waals surface area contributed by atoms with Crippen molar-refractivity contribution in [2.45, 2.75) is 20.5 Å². The summed E-state index contributed by atoms with van der Waals surface area (Å²) in [4.78, 5) is 24.2. The Labute approximate surface area is 185 Å². The molecular weight excluding hydrogens is 423 g/mol. The van der Waals surface area contributed by atoms with Gasteiger partial charge < -0.3 is 15.4 Å². The van der Waals surface area contributed by atoms with Gasteiger partial charge in [-0.25, -0.2) is 0 Å². The fourth-order valence-corrected chi connectivity index (χ4v) is 3.26. The number of benzene rings is 3. The molecular formula is C23H20Cl2N2O3. The van der Waals surface area contributed by atoms with E-state index in [2.05, 4.69) is 10.6 Å². The van der Waals surface area contributed by atoms with Crippen LogP contribution in [0.15, 0.2) is 60.7 Å². The number of rotatable bonds is 6. The Balaban J connectivity index is 1.76. The number of anilines is 2. The van der Waals surface area contributed by atoms with Crippen LogP contribution in [0.4, 0.5) is 11.4 Å². The summed E-state index contributed by atoms with van der Waals surface area (Å²) in [6.07, 6.45) is 0. The van der Waals surface area contributed by atoms with Crippen LogP contribution in [-0.2, 0) is 11.4 Å². The smallest absolute Gasteiger partial charge is 0.259 e. The van der Waals surface area contributed by atoms with Gasteiger partial charge in [-0.1, -0.05) is 47.5 Å². The summed E-state index contributed by atoms with van der Waals surface area (Å²) in [7, 11) is 0. The van der Waals surface area contributed by atoms with Crippen molar-refractivity contribution in [3.63, 3.8) is 0 Å². The standard InChI is InChI=1S/C23H20Cl2N2O3/c1-14-7-10-18(12-21(14)26-15(2)28)27-23(29)19-5-3-4-6-22(19)30-13-16-8-9-17(24)11-20(16)25/h3-12H,13H2,1-2H3,(H,26,28)(H,27,29). The summed E-state index contributed by atoms with van der Waals surface area (Å²) >= 11 is 12.1. The number of ether oxygens (including phenoxy) is 1. The maximum Gasteiger partial charge on any atom is 0.259 e. The van der Waals surface area contributed by atoms with Gasteiger partial charge in [0.25, 0.3) is 5.91 Å². The highest BCUT2D eigenvalue weighted by Gasteiger charge is 2.14. The van der Waals surface area contributed by atoms with Crippen LogP contribution >= 0.6 is 23.2 Å². The lowest BCUT2D eigenvalue weighted by Crippen LogP contribution is -2.14. The molecule has 0 saturated heterocycles. The van der Waals surface area contributed by atoms with Gasteiger partial charge in [0.1, 0.15) is 12.4 Å². The normalized spacial score (nSPS) is 10.4. The van der Waals surface area contributed by atoms with Gasteiger partial charge in [-0.05, 0) is 48.9 Å². The first-order valence-corrected chi connectivity index (χ1v) is 9.94. The van der Waals surface area contributed by atoms with E-state index in [1.807, 2.05) is 13.0 Å². The highest BCUT2D eigenvalue weighted by Crippen LogP contribution is 2.26. The molecule has 3 aromatic carbocycles. The number of hydrogen-bond acceptors (Lipinski definition) is 3. The number of para-hydroxylation sites is 1. The van der Waals surface area contributed by atoms with Gasteiger partial charge in [-0.15, -0.1) is 0 Å². The molecule has 0 aromatic heterocycles. The Morgan fingerprint density at radius 2 is 1.73 bits per heavy atom. The molecule has 0 unspecified atom stereocenters. The van der Waals surface area contributed by atoms with Gasteiger partial charge >= 0.3 is 0 Å². The van der Waals surface area contributed by atoms with Crippen LogP contribution < -0.4 is 15.4 Å². The highest BCUT2D eigenvalue weighted by atomic mass is 35.5. The van der Waals surface area contributed by atoms with Crippen LogP contribution in [0, 0.1) is 6.92 Å². The predicted molar refractivity (Wildman–Crippen MR) is 121 cm³/mol. The van der Waals surface area contributed by atoms with Crippen LogP contribution in [0.3, 0.4) is 0 Å². The second-order valence-electron chi connectivity index (χ2n) is 6.69. The zero-order valence-electron chi connectivity index (χ0n) is 16.5. The Bertz CT molecular complexity index is 1100. The van der Waals surface area contributed by atoms with Crippen LogP contribution in [0.1, 0.15) is 28.4 Å². The molecule has 0 atom stereocenters. The molecule has 0 saturated carbocycles. The van der Waals surface area contributed by atoms with Gasteiger partial charge in [0.05, 0.1) is 5.56 Å². The van der Waals surface area contributed by atoms with E-state index in [4.69, 9.17) is 27.9 Å². The van der Waals surface area contributed by atoms with Crippen molar-refractivity contribution < 1.29 is 14.3 Å². The van der Waals surface area contributed by atoms with E-state index in [-0.39, 0.29) is 18.4 Å². The zero-order valence-corrected chi connectivity index (χ0v) is 18.0. The van der Waals surface area contributed by atoms with Crippen LogP contribution in [-0.4, -0.2) is 11.8 Å². The molecule has 0 spiro atoms. The molecule has 0 aliphatic carbocycles. The van der Waals surface area contributed by atoms with Crippen molar-refractivity contribution in [2.75, 3.05) is 10.6 Å². The number of aryl methyl sites for hydroxylation is 1. The maximum atomic E-state index is 12.9. The summed E-state index contributed by atoms with van der Waals surface area (Å²) in [6, 6.07) is 17.4. The number of nitrogens with one attached hydrogen (secondary N) is 2. The van der Waals surface area contributed by atoms with Crippen molar-refractivity contribution in [3.8, 4) is 5.75 Å². The average Bonchev–Trinajstić information content (AvgIpc) is 2.69. The van der Waals surface area contributed by atoms with Gasteiger partial charge in [-0.3, -0.25) is 9.59 Å². The second-order valence-corrected chi connectivity index (χ2v) is 7.53. The molecule has 0 heterocycles. The minimum absolute atomic E-state index is 0.179. The Kier molecular flexibility index (Phi) is 6.98. The summed E-state index contributed by atoms with van der Waals surface area (Å²) < 4.78 is 5.85. The molecule has 5 nitrogen and oxygen atoms in total. The summed E-state index contributed by atoms with van der Waals surface area (Å²) in [5.74, 6) is -0.0816. The summed E-state index contributed by atoms with van der Waals surface area (Å²) in [5, 5.41) is 6.63. The van der Waals surface area contributed by atoms with E-state index >= 15 is 0 Å². The molecule has 3 aromatic rings. The third-order valence-corrected chi connectivity index (χ3v) is 4.92. The van der Waals surface area contributed by atoms with Crippen molar-refractivity contribution in [1.29, 1.82) is 0 Å². The number of hydrogen-bond donors (Lipinski definition) is 2. The SMILES string of the molecule is CC(=O)Nc1cc(NC(=O)c2ccccc2OCc2ccc(Cl)cc2Cl)ccc1C. The number of carbonyl (C=O) groups is 2. The Morgan fingerprint density at radius 1 is 0.967 bits per heavy atom. The van der Waals surface area contributed by atoms with E-state index in [0.29, 0.717) is 32.7 Å². The van der Waals surface area contributed by atoms with Crippen LogP contribution in [0.5, 0.6) is 5.75 Å². The highest BCUT2D eigenvalue weighted by molar-refractivity contribution is 6.35. The maximum absolute atomic E-state index is 12.9. The third-order valence-electron chi connectivity index (χ3n) is 4.34. The second kappa shape index (κ2) is 9.65. The molecule has 2 amide bonds. The zero-order chi connectivity index (χ0) is 21.7. The first-order valence-electron chi connectivity index (χ1n) is 9.19. The quantitative estimate of drug-likeness (QED) is 0.485. The van der Waals surface area contributed by atoms with Gasteiger partial charge in [0.15, 0.2) is 0 Å². The topological polar surface area (TPSA) is 67.4 Å². The molecule has 154 valence electrons. The summed E-state index contributed by atoms with van der Waals surface area (Å²) in [6.45, 7) is 3.50. The first-order chi connectivity index (χ1) is 14.3. The van der Waals surface area contributed by atoms with E-state index in [1.165, 1.54) is 6.92 Å². The average molecular weight is 443 g/mol. The lowest BCUT2D eigenvalue weighted by Gasteiger charge is -2.14. The molecule has 7 heteroatoms. The van der Waals surface area contributed by atoms with Crippen molar-refractivity contribution in [3.05, 3.63) is 87.4 Å². The van der Waals surface area contributed by atoms with Crippen molar-refractivity contribution in [2.24, 2.45) is 0 Å². The van der Waals surface area contributed by atoms with E-state index < -0.39 is 0 Å².